The largest absolute Gasteiger partial charge is 0.246 e. The molecule has 5 nitrogen and oxygen atoms in total. The second kappa shape index (κ2) is 6.54. The van der Waals surface area contributed by atoms with Gasteiger partial charge in [-0.05, 0) is 30.9 Å². The summed E-state index contributed by atoms with van der Waals surface area (Å²) in [5, 5.41) is 9.12. The third-order valence-electron chi connectivity index (χ3n) is 3.74. The molecule has 21 heavy (non-hydrogen) atoms. The van der Waals surface area contributed by atoms with E-state index in [-0.39, 0.29) is 22.5 Å². The predicted molar refractivity (Wildman–Crippen MR) is 79.9 cm³/mol. The fraction of sp³-hybridized carbons (Fsp3) is 0.600. The number of rotatable bonds is 5. The summed E-state index contributed by atoms with van der Waals surface area (Å²) in [7, 11) is -3.67. The average Bonchev–Trinajstić information content (AvgIpc) is 2.98. The van der Waals surface area contributed by atoms with Crippen LogP contribution >= 0.6 is 0 Å². The van der Waals surface area contributed by atoms with Crippen LogP contribution < -0.4 is 0 Å². The van der Waals surface area contributed by atoms with E-state index in [9.17, 15) is 8.42 Å². The summed E-state index contributed by atoms with van der Waals surface area (Å²) in [5.74, 6) is 0.239. The minimum Gasteiger partial charge on any atom is -0.244 e. The molecule has 1 saturated carbocycles. The minimum absolute atomic E-state index is 0.0238. The lowest BCUT2D eigenvalue weighted by Gasteiger charge is -2.29. The fourth-order valence-corrected chi connectivity index (χ4v) is 4.75. The van der Waals surface area contributed by atoms with Gasteiger partial charge in [0.05, 0.1) is 0 Å². The summed E-state index contributed by atoms with van der Waals surface area (Å²) >= 11 is 0. The summed E-state index contributed by atoms with van der Waals surface area (Å²) < 4.78 is 27.5. The first-order valence-corrected chi connectivity index (χ1v) is 8.77. The van der Waals surface area contributed by atoms with Crippen molar-refractivity contribution in [1.29, 1.82) is 5.26 Å². The average molecular weight is 307 g/mol. The number of nitriles is 1. The third-order valence-corrected chi connectivity index (χ3v) is 5.69. The molecule has 1 aromatic rings. The van der Waals surface area contributed by atoms with Gasteiger partial charge in [-0.2, -0.15) is 9.57 Å². The van der Waals surface area contributed by atoms with Crippen LogP contribution in [0.4, 0.5) is 0 Å². The first-order chi connectivity index (χ1) is 9.96. The van der Waals surface area contributed by atoms with Gasteiger partial charge < -0.3 is 0 Å². The quantitative estimate of drug-likeness (QED) is 0.838. The molecule has 0 bridgehead atoms. The van der Waals surface area contributed by atoms with E-state index in [2.05, 4.69) is 4.98 Å². The van der Waals surface area contributed by atoms with Gasteiger partial charge in [0.1, 0.15) is 11.0 Å². The lowest BCUT2D eigenvalue weighted by atomic mass is 10.2. The Morgan fingerprint density at radius 1 is 1.43 bits per heavy atom. The van der Waals surface area contributed by atoms with Crippen molar-refractivity contribution in [3.05, 3.63) is 24.0 Å². The second-order valence-corrected chi connectivity index (χ2v) is 7.73. The Bertz CT molecular complexity index is 629. The third kappa shape index (κ3) is 3.42. The van der Waals surface area contributed by atoms with Gasteiger partial charge in [-0.15, -0.1) is 0 Å². The number of pyridine rings is 1. The monoisotopic (exact) mass is 307 g/mol. The van der Waals surface area contributed by atoms with E-state index in [0.717, 1.165) is 25.7 Å². The SMILES string of the molecule is CC(C)CN(C1CCCC1)S(=O)(=O)c1cccnc1C#N. The number of sulfonamides is 1. The van der Waals surface area contributed by atoms with E-state index in [1.165, 1.54) is 12.3 Å². The Morgan fingerprint density at radius 3 is 2.67 bits per heavy atom. The van der Waals surface area contributed by atoms with Crippen molar-refractivity contribution in [1.82, 2.24) is 9.29 Å². The van der Waals surface area contributed by atoms with Crippen LogP contribution in [-0.2, 0) is 10.0 Å². The van der Waals surface area contributed by atoms with Crippen molar-refractivity contribution in [2.75, 3.05) is 6.54 Å². The first kappa shape index (κ1) is 15.9. The van der Waals surface area contributed by atoms with Crippen LogP contribution in [-0.4, -0.2) is 30.3 Å². The normalized spacial score (nSPS) is 16.5. The molecule has 114 valence electrons. The molecule has 1 heterocycles. The molecule has 1 fully saturated rings. The molecule has 0 saturated heterocycles. The predicted octanol–water partition coefficient (Wildman–Crippen LogP) is 2.54. The molecule has 0 aliphatic heterocycles. The number of nitrogens with zero attached hydrogens (tertiary/aromatic N) is 3. The van der Waals surface area contributed by atoms with Crippen molar-refractivity contribution in [3.63, 3.8) is 0 Å². The molecule has 0 aromatic carbocycles. The van der Waals surface area contributed by atoms with Gasteiger partial charge in [0, 0.05) is 18.8 Å². The van der Waals surface area contributed by atoms with E-state index >= 15 is 0 Å². The molecular formula is C15H21N3O2S. The van der Waals surface area contributed by atoms with E-state index in [0.29, 0.717) is 6.54 Å². The Balaban J connectivity index is 2.44. The van der Waals surface area contributed by atoms with Crippen LogP contribution in [0.15, 0.2) is 23.2 Å². The molecule has 2 rings (SSSR count). The van der Waals surface area contributed by atoms with Gasteiger partial charge in [-0.25, -0.2) is 13.4 Å². The van der Waals surface area contributed by atoms with Gasteiger partial charge in [0.2, 0.25) is 10.0 Å². The van der Waals surface area contributed by atoms with Crippen molar-refractivity contribution in [2.24, 2.45) is 5.92 Å². The molecule has 0 spiro atoms. The molecule has 1 aliphatic carbocycles. The highest BCUT2D eigenvalue weighted by Gasteiger charge is 2.35. The van der Waals surface area contributed by atoms with Gasteiger partial charge in [0.25, 0.3) is 0 Å². The second-order valence-electron chi connectivity index (χ2n) is 5.87. The van der Waals surface area contributed by atoms with Crippen LogP contribution in [0, 0.1) is 17.2 Å². The van der Waals surface area contributed by atoms with Crippen molar-refractivity contribution < 1.29 is 8.42 Å². The molecule has 1 aromatic heterocycles. The molecule has 0 atom stereocenters. The summed E-state index contributed by atoms with van der Waals surface area (Å²) in [6.07, 6.45) is 5.36. The molecule has 0 unspecified atom stereocenters. The van der Waals surface area contributed by atoms with E-state index in [1.807, 2.05) is 19.9 Å². The molecule has 0 amide bonds. The maximum atomic E-state index is 13.0. The zero-order valence-corrected chi connectivity index (χ0v) is 13.3. The van der Waals surface area contributed by atoms with Crippen LogP contribution in [0.25, 0.3) is 0 Å². The molecule has 6 heteroatoms. The molecule has 0 radical (unpaired) electrons. The fourth-order valence-electron chi connectivity index (χ4n) is 2.80. The number of aromatic nitrogens is 1. The summed E-state index contributed by atoms with van der Waals surface area (Å²) in [6.45, 7) is 4.49. The lowest BCUT2D eigenvalue weighted by molar-refractivity contribution is 0.292. The van der Waals surface area contributed by atoms with Crippen LogP contribution in [0.2, 0.25) is 0 Å². The van der Waals surface area contributed by atoms with Crippen molar-refractivity contribution in [2.45, 2.75) is 50.5 Å². The summed E-state index contributed by atoms with van der Waals surface area (Å²) in [4.78, 5) is 3.91. The Kier molecular flexibility index (Phi) is 4.96. The van der Waals surface area contributed by atoms with Gasteiger partial charge in [0.15, 0.2) is 5.69 Å². The molecule has 0 N–H and O–H groups in total. The minimum atomic E-state index is -3.67. The smallest absolute Gasteiger partial charge is 0.244 e. The highest BCUT2D eigenvalue weighted by atomic mass is 32.2. The lowest BCUT2D eigenvalue weighted by Crippen LogP contribution is -2.41. The Labute approximate surface area is 126 Å². The van der Waals surface area contributed by atoms with Crippen LogP contribution in [0.1, 0.15) is 45.2 Å². The number of hydrogen-bond donors (Lipinski definition) is 0. The molecule has 1 aliphatic rings. The van der Waals surface area contributed by atoms with Gasteiger partial charge in [-0.3, -0.25) is 0 Å². The number of hydrogen-bond acceptors (Lipinski definition) is 4. The Morgan fingerprint density at radius 2 is 2.10 bits per heavy atom. The van der Waals surface area contributed by atoms with Gasteiger partial charge >= 0.3 is 0 Å². The van der Waals surface area contributed by atoms with Crippen molar-refractivity contribution >= 4 is 10.0 Å². The van der Waals surface area contributed by atoms with Crippen LogP contribution in [0.5, 0.6) is 0 Å². The zero-order chi connectivity index (χ0) is 15.5. The summed E-state index contributed by atoms with van der Waals surface area (Å²) in [6, 6.07) is 4.97. The molecular weight excluding hydrogens is 286 g/mol. The standard InChI is InChI=1S/C15H21N3O2S/c1-12(2)11-18(13-6-3-4-7-13)21(19,20)15-8-5-9-17-14(15)10-16/h5,8-9,12-13H,3-4,6-7,11H2,1-2H3. The Hall–Kier alpha value is -1.45. The first-order valence-electron chi connectivity index (χ1n) is 7.33. The van der Waals surface area contributed by atoms with Gasteiger partial charge in [-0.1, -0.05) is 26.7 Å². The maximum Gasteiger partial charge on any atom is 0.246 e. The maximum absolute atomic E-state index is 13.0. The van der Waals surface area contributed by atoms with Crippen LogP contribution in [0.3, 0.4) is 0 Å². The van der Waals surface area contributed by atoms with E-state index in [1.54, 1.807) is 10.4 Å². The summed E-state index contributed by atoms with van der Waals surface area (Å²) in [5.41, 5.74) is -0.0238. The highest BCUT2D eigenvalue weighted by molar-refractivity contribution is 7.89. The zero-order valence-electron chi connectivity index (χ0n) is 12.5. The van der Waals surface area contributed by atoms with Crippen molar-refractivity contribution in [3.8, 4) is 6.07 Å². The van der Waals surface area contributed by atoms with E-state index < -0.39 is 10.0 Å². The highest BCUT2D eigenvalue weighted by Crippen LogP contribution is 2.30. The topological polar surface area (TPSA) is 74.1 Å². The van der Waals surface area contributed by atoms with E-state index in [4.69, 9.17) is 5.26 Å².